The lowest BCUT2D eigenvalue weighted by molar-refractivity contribution is -0.141. The largest absolute Gasteiger partial charge is 0.486 e. The predicted molar refractivity (Wildman–Crippen MR) is 107 cm³/mol. The lowest BCUT2D eigenvalue weighted by Gasteiger charge is -2.19. The number of benzene rings is 2. The summed E-state index contributed by atoms with van der Waals surface area (Å²) in [5.74, 6) is -0.0412. The average Bonchev–Trinajstić information content (AvgIpc) is 3.43. The molecular weight excluding hydrogens is 370 g/mol. The van der Waals surface area contributed by atoms with Gasteiger partial charge >= 0.3 is 5.97 Å². The molecular formula is C23H21NO5. The van der Waals surface area contributed by atoms with Gasteiger partial charge in [-0.25, -0.2) is 4.79 Å². The van der Waals surface area contributed by atoms with E-state index in [1.807, 2.05) is 54.6 Å². The van der Waals surface area contributed by atoms with Gasteiger partial charge in [-0.1, -0.05) is 42.5 Å². The van der Waals surface area contributed by atoms with Gasteiger partial charge in [0.2, 0.25) is 0 Å². The SMILES string of the molecule is O=C(O)[C@@H]1CCCN1C(=O)c1ccc(COc2ccc(-c3ccccc3)cc2)o1. The highest BCUT2D eigenvalue weighted by Gasteiger charge is 2.35. The summed E-state index contributed by atoms with van der Waals surface area (Å²) in [5.41, 5.74) is 2.23. The summed E-state index contributed by atoms with van der Waals surface area (Å²) in [5, 5.41) is 9.24. The summed E-state index contributed by atoms with van der Waals surface area (Å²) in [4.78, 5) is 25.2. The zero-order chi connectivity index (χ0) is 20.2. The van der Waals surface area contributed by atoms with E-state index in [0.29, 0.717) is 30.9 Å². The van der Waals surface area contributed by atoms with Crippen molar-refractivity contribution >= 4 is 11.9 Å². The molecule has 6 heteroatoms. The number of carboxylic acid groups (broad SMARTS) is 1. The van der Waals surface area contributed by atoms with Crippen LogP contribution in [0.5, 0.6) is 5.75 Å². The van der Waals surface area contributed by atoms with Gasteiger partial charge in [-0.05, 0) is 48.2 Å². The minimum absolute atomic E-state index is 0.135. The topological polar surface area (TPSA) is 80.0 Å². The average molecular weight is 391 g/mol. The zero-order valence-corrected chi connectivity index (χ0v) is 15.8. The Kier molecular flexibility index (Phi) is 5.33. The van der Waals surface area contributed by atoms with Crippen molar-refractivity contribution in [3.05, 3.63) is 78.3 Å². The Morgan fingerprint density at radius 3 is 2.45 bits per heavy atom. The number of rotatable bonds is 6. The molecule has 29 heavy (non-hydrogen) atoms. The maximum atomic E-state index is 12.5. The molecule has 3 aromatic rings. The number of hydrogen-bond acceptors (Lipinski definition) is 4. The van der Waals surface area contributed by atoms with E-state index in [-0.39, 0.29) is 12.4 Å². The molecule has 1 amide bonds. The number of hydrogen-bond donors (Lipinski definition) is 1. The molecule has 0 radical (unpaired) electrons. The van der Waals surface area contributed by atoms with Gasteiger partial charge in [-0.2, -0.15) is 0 Å². The number of ether oxygens (including phenoxy) is 1. The Morgan fingerprint density at radius 1 is 1.00 bits per heavy atom. The van der Waals surface area contributed by atoms with Crippen LogP contribution in [0.2, 0.25) is 0 Å². The Balaban J connectivity index is 1.37. The second-order valence-electron chi connectivity index (χ2n) is 6.94. The van der Waals surface area contributed by atoms with E-state index in [1.54, 1.807) is 12.1 Å². The van der Waals surface area contributed by atoms with Gasteiger partial charge in [0.25, 0.3) is 5.91 Å². The fraction of sp³-hybridized carbons (Fsp3) is 0.217. The van der Waals surface area contributed by atoms with Gasteiger partial charge in [0, 0.05) is 6.54 Å². The number of carboxylic acids is 1. The smallest absolute Gasteiger partial charge is 0.326 e. The van der Waals surface area contributed by atoms with Crippen LogP contribution in [0.25, 0.3) is 11.1 Å². The Hall–Kier alpha value is -3.54. The van der Waals surface area contributed by atoms with Gasteiger partial charge in [0.05, 0.1) is 0 Å². The molecule has 1 aromatic heterocycles. The van der Waals surface area contributed by atoms with Crippen LogP contribution < -0.4 is 4.74 Å². The molecule has 1 fully saturated rings. The molecule has 2 aromatic carbocycles. The van der Waals surface area contributed by atoms with E-state index in [2.05, 4.69) is 0 Å². The van der Waals surface area contributed by atoms with Crippen LogP contribution in [0.4, 0.5) is 0 Å². The summed E-state index contributed by atoms with van der Waals surface area (Å²) < 4.78 is 11.3. The molecule has 0 spiro atoms. The minimum Gasteiger partial charge on any atom is -0.486 e. The van der Waals surface area contributed by atoms with Crippen molar-refractivity contribution in [2.75, 3.05) is 6.54 Å². The van der Waals surface area contributed by atoms with Crippen LogP contribution in [-0.2, 0) is 11.4 Å². The summed E-state index contributed by atoms with van der Waals surface area (Å²) in [7, 11) is 0. The zero-order valence-electron chi connectivity index (χ0n) is 15.8. The number of carbonyl (C=O) groups excluding carboxylic acids is 1. The number of amides is 1. The highest BCUT2D eigenvalue weighted by Crippen LogP contribution is 2.24. The van der Waals surface area contributed by atoms with E-state index < -0.39 is 17.9 Å². The maximum Gasteiger partial charge on any atom is 0.326 e. The third-order valence-electron chi connectivity index (χ3n) is 5.01. The highest BCUT2D eigenvalue weighted by atomic mass is 16.5. The van der Waals surface area contributed by atoms with Crippen molar-refractivity contribution < 1.29 is 23.8 Å². The second-order valence-corrected chi connectivity index (χ2v) is 6.94. The predicted octanol–water partition coefficient (Wildman–Crippen LogP) is 4.21. The van der Waals surface area contributed by atoms with Gasteiger partial charge < -0.3 is 19.2 Å². The lowest BCUT2D eigenvalue weighted by Crippen LogP contribution is -2.40. The molecule has 0 saturated carbocycles. The van der Waals surface area contributed by atoms with Crippen LogP contribution in [0.3, 0.4) is 0 Å². The minimum atomic E-state index is -0.982. The number of aliphatic carboxylic acids is 1. The number of carbonyl (C=O) groups is 2. The standard InChI is InChI=1S/C23H21NO5/c25-22(24-14-4-7-20(24)23(26)27)21-13-12-19(29-21)15-28-18-10-8-17(9-11-18)16-5-2-1-3-6-16/h1-3,5-6,8-13,20H,4,7,14-15H2,(H,26,27)/t20-/m0/s1. The van der Waals surface area contributed by atoms with Crippen molar-refractivity contribution in [2.24, 2.45) is 0 Å². The van der Waals surface area contributed by atoms with Crippen molar-refractivity contribution in [3.63, 3.8) is 0 Å². The van der Waals surface area contributed by atoms with Crippen LogP contribution in [0.15, 0.2) is 71.1 Å². The van der Waals surface area contributed by atoms with Crippen LogP contribution in [0.1, 0.15) is 29.2 Å². The molecule has 1 aliphatic heterocycles. The summed E-state index contributed by atoms with van der Waals surface area (Å²) in [6.07, 6.45) is 1.15. The van der Waals surface area contributed by atoms with E-state index in [9.17, 15) is 14.7 Å². The first-order valence-corrected chi connectivity index (χ1v) is 9.52. The summed E-state index contributed by atoms with van der Waals surface area (Å²) >= 11 is 0. The molecule has 2 heterocycles. The fourth-order valence-electron chi connectivity index (χ4n) is 3.51. The Morgan fingerprint density at radius 2 is 1.72 bits per heavy atom. The first kappa shape index (κ1) is 18.8. The summed E-state index contributed by atoms with van der Waals surface area (Å²) in [6, 6.07) is 20.3. The number of nitrogens with zero attached hydrogens (tertiary/aromatic N) is 1. The molecule has 0 aliphatic carbocycles. The lowest BCUT2D eigenvalue weighted by atomic mass is 10.1. The van der Waals surface area contributed by atoms with Crippen molar-refractivity contribution in [3.8, 4) is 16.9 Å². The third kappa shape index (κ3) is 4.16. The Labute approximate surface area is 168 Å². The molecule has 1 saturated heterocycles. The maximum absolute atomic E-state index is 12.5. The van der Waals surface area contributed by atoms with E-state index in [0.717, 1.165) is 11.1 Å². The first-order valence-electron chi connectivity index (χ1n) is 9.52. The summed E-state index contributed by atoms with van der Waals surface area (Å²) in [6.45, 7) is 0.608. The van der Waals surface area contributed by atoms with Crippen LogP contribution >= 0.6 is 0 Å². The molecule has 1 atom stereocenters. The molecule has 0 unspecified atom stereocenters. The van der Waals surface area contributed by atoms with Crippen LogP contribution in [0, 0.1) is 0 Å². The molecule has 4 rings (SSSR count). The quantitative estimate of drug-likeness (QED) is 0.681. The molecule has 6 nitrogen and oxygen atoms in total. The Bertz CT molecular complexity index is 994. The molecule has 0 bridgehead atoms. The third-order valence-corrected chi connectivity index (χ3v) is 5.01. The van der Waals surface area contributed by atoms with Crippen LogP contribution in [-0.4, -0.2) is 34.5 Å². The van der Waals surface area contributed by atoms with Crippen molar-refractivity contribution in [2.45, 2.75) is 25.5 Å². The van der Waals surface area contributed by atoms with Crippen molar-refractivity contribution in [1.82, 2.24) is 4.90 Å². The molecule has 1 aliphatic rings. The van der Waals surface area contributed by atoms with Gasteiger partial charge in [-0.3, -0.25) is 4.79 Å². The second kappa shape index (κ2) is 8.22. The van der Waals surface area contributed by atoms with Crippen molar-refractivity contribution in [1.29, 1.82) is 0 Å². The number of likely N-dealkylation sites (tertiary alicyclic amines) is 1. The highest BCUT2D eigenvalue weighted by molar-refractivity contribution is 5.94. The first-order chi connectivity index (χ1) is 14.1. The monoisotopic (exact) mass is 391 g/mol. The van der Waals surface area contributed by atoms with E-state index in [1.165, 1.54) is 4.90 Å². The fourth-order valence-corrected chi connectivity index (χ4v) is 3.51. The van der Waals surface area contributed by atoms with Gasteiger partial charge in [0.15, 0.2) is 5.76 Å². The molecule has 148 valence electrons. The van der Waals surface area contributed by atoms with Gasteiger partial charge in [-0.15, -0.1) is 0 Å². The molecule has 1 N–H and O–H groups in total. The number of furan rings is 1. The van der Waals surface area contributed by atoms with E-state index in [4.69, 9.17) is 9.15 Å². The normalized spacial score (nSPS) is 16.0. The van der Waals surface area contributed by atoms with E-state index >= 15 is 0 Å². The van der Waals surface area contributed by atoms with Gasteiger partial charge in [0.1, 0.15) is 24.2 Å².